The summed E-state index contributed by atoms with van der Waals surface area (Å²) in [6.45, 7) is 5.88. The van der Waals surface area contributed by atoms with Crippen LogP contribution in [0.3, 0.4) is 0 Å². The minimum absolute atomic E-state index is 0.0544. The number of hydrogen-bond donors (Lipinski definition) is 1. The van der Waals surface area contributed by atoms with E-state index in [1.54, 1.807) is 41.8 Å². The highest BCUT2D eigenvalue weighted by molar-refractivity contribution is 6.01. The molecule has 0 bridgehead atoms. The van der Waals surface area contributed by atoms with Gasteiger partial charge in [0.15, 0.2) is 0 Å². The molecule has 9 heteroatoms. The Bertz CT molecular complexity index is 1450. The van der Waals surface area contributed by atoms with Crippen LogP contribution >= 0.6 is 0 Å². The Kier molecular flexibility index (Phi) is 7.95. The summed E-state index contributed by atoms with van der Waals surface area (Å²) in [6.07, 6.45) is 0.382. The van der Waals surface area contributed by atoms with Gasteiger partial charge in [-0.1, -0.05) is 48.5 Å². The number of nitrogens with zero attached hydrogens (tertiary/aromatic N) is 4. The minimum Gasteiger partial charge on any atom is -0.497 e. The second-order valence-corrected chi connectivity index (χ2v) is 9.29. The van der Waals surface area contributed by atoms with Crippen molar-refractivity contribution in [1.82, 2.24) is 19.9 Å². The fraction of sp³-hybridized carbons (Fsp3) is 0.310. The Morgan fingerprint density at radius 2 is 1.76 bits per heavy atom. The average molecular weight is 516 g/mol. The quantitative estimate of drug-likeness (QED) is 0.332. The van der Waals surface area contributed by atoms with Crippen molar-refractivity contribution >= 4 is 28.5 Å². The molecule has 2 amide bonds. The predicted octanol–water partition coefficient (Wildman–Crippen LogP) is 4.59. The number of hydrogen-bond acceptors (Lipinski definition) is 6. The van der Waals surface area contributed by atoms with Gasteiger partial charge in [-0.2, -0.15) is 0 Å². The molecule has 1 aromatic heterocycles. The number of fused-ring (bicyclic) bond motifs is 1. The average Bonchev–Trinajstić information content (AvgIpc) is 3.34. The van der Waals surface area contributed by atoms with Gasteiger partial charge in [0.05, 0.1) is 25.4 Å². The lowest BCUT2D eigenvalue weighted by atomic mass is 9.93. The van der Waals surface area contributed by atoms with Crippen LogP contribution in [-0.2, 0) is 22.7 Å². The number of aromatic nitrogens is 3. The zero-order valence-electron chi connectivity index (χ0n) is 22.4. The molecule has 4 rings (SSSR count). The molecule has 1 N–H and O–H groups in total. The molecule has 0 aliphatic carbocycles. The van der Waals surface area contributed by atoms with Gasteiger partial charge in [0.25, 0.3) is 0 Å². The number of nitrogens with one attached hydrogen (secondary N) is 1. The summed E-state index contributed by atoms with van der Waals surface area (Å²) >= 11 is 0. The molecule has 0 fully saturated rings. The molecule has 0 saturated heterocycles. The molecule has 0 unspecified atom stereocenters. The molecule has 0 aliphatic rings. The van der Waals surface area contributed by atoms with Crippen LogP contribution in [0.2, 0.25) is 0 Å². The third kappa shape index (κ3) is 5.32. The highest BCUT2D eigenvalue weighted by atomic mass is 16.5. The molecular weight excluding hydrogens is 482 g/mol. The van der Waals surface area contributed by atoms with Gasteiger partial charge >= 0.3 is 0 Å². The predicted molar refractivity (Wildman–Crippen MR) is 146 cm³/mol. The minimum atomic E-state index is -1.18. The van der Waals surface area contributed by atoms with Crippen LogP contribution in [-0.4, -0.2) is 51.5 Å². The Morgan fingerprint density at radius 3 is 2.47 bits per heavy atom. The summed E-state index contributed by atoms with van der Waals surface area (Å²) in [5.74, 6) is 0.496. The zero-order valence-corrected chi connectivity index (χ0v) is 22.4. The standard InChI is InChI=1S/C29H33N5O4/c1-6-29(3,28(36)30-24-16-15-22(37-4)17-26(24)38-5)33(18-21-12-8-7-11-20(21)2)27(35)19-34-25-14-10-9-13-23(25)31-32-34/h7-17H,6,18-19H2,1-5H3,(H,30,36)/t29-/m0/s1. The van der Waals surface area contributed by atoms with Crippen molar-refractivity contribution in [2.45, 2.75) is 45.8 Å². The highest BCUT2D eigenvalue weighted by Gasteiger charge is 2.41. The van der Waals surface area contributed by atoms with E-state index in [1.165, 1.54) is 7.11 Å². The van der Waals surface area contributed by atoms with Gasteiger partial charge in [-0.05, 0) is 55.7 Å². The van der Waals surface area contributed by atoms with Gasteiger partial charge in [-0.25, -0.2) is 4.68 Å². The van der Waals surface area contributed by atoms with E-state index in [2.05, 4.69) is 15.6 Å². The van der Waals surface area contributed by atoms with Gasteiger partial charge in [-0.15, -0.1) is 5.10 Å². The van der Waals surface area contributed by atoms with E-state index in [0.717, 1.165) is 16.6 Å². The van der Waals surface area contributed by atoms with Gasteiger partial charge < -0.3 is 19.7 Å². The van der Waals surface area contributed by atoms with Gasteiger partial charge in [-0.3, -0.25) is 9.59 Å². The molecule has 4 aromatic rings. The van der Waals surface area contributed by atoms with Crippen molar-refractivity contribution in [2.75, 3.05) is 19.5 Å². The van der Waals surface area contributed by atoms with Gasteiger partial charge in [0.2, 0.25) is 11.8 Å². The fourth-order valence-electron chi connectivity index (χ4n) is 4.38. The molecule has 1 heterocycles. The van der Waals surface area contributed by atoms with Crippen LogP contribution in [0.15, 0.2) is 66.7 Å². The summed E-state index contributed by atoms with van der Waals surface area (Å²) in [4.78, 5) is 29.5. The summed E-state index contributed by atoms with van der Waals surface area (Å²) in [6, 6.07) is 20.5. The first-order chi connectivity index (χ1) is 18.3. The maximum atomic E-state index is 14.0. The molecule has 38 heavy (non-hydrogen) atoms. The van der Waals surface area contributed by atoms with Crippen LogP contribution in [0.25, 0.3) is 11.0 Å². The van der Waals surface area contributed by atoms with E-state index < -0.39 is 5.54 Å². The summed E-state index contributed by atoms with van der Waals surface area (Å²) in [5, 5.41) is 11.3. The number of methoxy groups -OCH3 is 2. The van der Waals surface area contributed by atoms with E-state index >= 15 is 0 Å². The monoisotopic (exact) mass is 515 g/mol. The molecular formula is C29H33N5O4. The van der Waals surface area contributed by atoms with E-state index in [0.29, 0.717) is 29.1 Å². The highest BCUT2D eigenvalue weighted by Crippen LogP contribution is 2.32. The maximum absolute atomic E-state index is 14.0. The molecule has 9 nitrogen and oxygen atoms in total. The fourth-order valence-corrected chi connectivity index (χ4v) is 4.38. The molecule has 0 spiro atoms. The molecule has 1 atom stereocenters. The first-order valence-corrected chi connectivity index (χ1v) is 12.5. The first kappa shape index (κ1) is 26.7. The normalized spacial score (nSPS) is 12.6. The summed E-state index contributed by atoms with van der Waals surface area (Å²) in [7, 11) is 3.09. The number of amides is 2. The van der Waals surface area contributed by atoms with Crippen molar-refractivity contribution in [1.29, 1.82) is 0 Å². The third-order valence-electron chi connectivity index (χ3n) is 7.03. The SMILES string of the molecule is CC[C@@](C)(C(=O)Nc1ccc(OC)cc1OC)N(Cc1ccccc1C)C(=O)Cn1nnc2ccccc21. The Balaban J connectivity index is 1.70. The lowest BCUT2D eigenvalue weighted by Gasteiger charge is -2.40. The van der Waals surface area contributed by atoms with Crippen molar-refractivity contribution < 1.29 is 19.1 Å². The Morgan fingerprint density at radius 1 is 1.03 bits per heavy atom. The zero-order chi connectivity index (χ0) is 27.3. The van der Waals surface area contributed by atoms with E-state index in [-0.39, 0.29) is 24.9 Å². The van der Waals surface area contributed by atoms with Crippen LogP contribution in [0.1, 0.15) is 31.4 Å². The van der Waals surface area contributed by atoms with E-state index in [4.69, 9.17) is 9.47 Å². The van der Waals surface area contributed by atoms with E-state index in [9.17, 15) is 9.59 Å². The van der Waals surface area contributed by atoms with Crippen molar-refractivity contribution in [3.63, 3.8) is 0 Å². The number of anilines is 1. The van der Waals surface area contributed by atoms with Crippen LogP contribution in [0.5, 0.6) is 11.5 Å². The lowest BCUT2D eigenvalue weighted by molar-refractivity contribution is -0.146. The molecule has 198 valence electrons. The van der Waals surface area contributed by atoms with E-state index in [1.807, 2.05) is 62.4 Å². The Labute approximate surface area is 222 Å². The molecule has 3 aromatic carbocycles. The number of benzene rings is 3. The van der Waals surface area contributed by atoms with Gasteiger partial charge in [0.1, 0.15) is 29.1 Å². The largest absolute Gasteiger partial charge is 0.497 e. The smallest absolute Gasteiger partial charge is 0.250 e. The topological polar surface area (TPSA) is 98.6 Å². The third-order valence-corrected chi connectivity index (χ3v) is 7.03. The number of carbonyl (C=O) groups excluding carboxylic acids is 2. The number of carbonyl (C=O) groups is 2. The molecule has 0 radical (unpaired) electrons. The summed E-state index contributed by atoms with van der Waals surface area (Å²) < 4.78 is 12.3. The lowest BCUT2D eigenvalue weighted by Crippen LogP contribution is -2.57. The number of rotatable bonds is 10. The number of aryl methyl sites for hydroxylation is 1. The Hall–Kier alpha value is -4.40. The molecule has 0 saturated carbocycles. The number of para-hydroxylation sites is 1. The second kappa shape index (κ2) is 11.3. The van der Waals surface area contributed by atoms with Crippen molar-refractivity contribution in [3.8, 4) is 11.5 Å². The molecule has 0 aliphatic heterocycles. The maximum Gasteiger partial charge on any atom is 0.250 e. The van der Waals surface area contributed by atoms with Gasteiger partial charge in [0, 0.05) is 12.6 Å². The van der Waals surface area contributed by atoms with Crippen molar-refractivity contribution in [3.05, 3.63) is 77.9 Å². The van der Waals surface area contributed by atoms with Crippen LogP contribution in [0, 0.1) is 6.92 Å². The second-order valence-electron chi connectivity index (χ2n) is 9.29. The number of ether oxygens (including phenoxy) is 2. The van der Waals surface area contributed by atoms with Crippen LogP contribution < -0.4 is 14.8 Å². The summed E-state index contributed by atoms with van der Waals surface area (Å²) in [5.41, 5.74) is 2.76. The van der Waals surface area contributed by atoms with Crippen LogP contribution in [0.4, 0.5) is 5.69 Å². The van der Waals surface area contributed by atoms with Crippen molar-refractivity contribution in [2.24, 2.45) is 0 Å². The first-order valence-electron chi connectivity index (χ1n) is 12.5.